The molecule has 0 unspecified atom stereocenters. The lowest BCUT2D eigenvalue weighted by Crippen LogP contribution is -2.70. The minimum atomic E-state index is -3.85. The van der Waals surface area contributed by atoms with Gasteiger partial charge in [-0.2, -0.15) is 4.31 Å². The molecule has 2 aliphatic rings. The summed E-state index contributed by atoms with van der Waals surface area (Å²) in [6.45, 7) is 5.01. The molecule has 4 rings (SSSR count). The van der Waals surface area contributed by atoms with Gasteiger partial charge in [0.15, 0.2) is 6.73 Å². The number of carbonyl (C=O) groups is 3. The van der Waals surface area contributed by atoms with Crippen molar-refractivity contribution in [3.8, 4) is 0 Å². The largest absolute Gasteiger partial charge is 0.447 e. The Morgan fingerprint density at radius 1 is 1.11 bits per heavy atom. The van der Waals surface area contributed by atoms with Gasteiger partial charge in [0, 0.05) is 11.8 Å². The number of hydrogen-bond acceptors (Lipinski definition) is 7. The van der Waals surface area contributed by atoms with Crippen LogP contribution in [0.2, 0.25) is 0 Å². The molecule has 0 aliphatic carbocycles. The molecule has 9 nitrogen and oxygen atoms in total. The number of β-lactam (4-membered cyclic amide) rings is 1. The molecule has 0 bridgehead atoms. The summed E-state index contributed by atoms with van der Waals surface area (Å²) in [5.74, 6) is -1.32. The molecule has 192 valence electrons. The minimum Gasteiger partial charge on any atom is -0.447 e. The first-order chi connectivity index (χ1) is 16.9. The summed E-state index contributed by atoms with van der Waals surface area (Å²) in [4.78, 5) is 40.0. The van der Waals surface area contributed by atoms with Crippen LogP contribution >= 0.6 is 11.8 Å². The average molecular weight is 532 g/mol. The zero-order valence-electron chi connectivity index (χ0n) is 20.5. The van der Waals surface area contributed by atoms with Crippen LogP contribution < -0.4 is 5.32 Å². The highest BCUT2D eigenvalue weighted by molar-refractivity contribution is 8.01. The number of fused-ring (bicyclic) bond motifs is 1. The molecule has 2 aliphatic heterocycles. The highest BCUT2D eigenvalue weighted by atomic mass is 32.2. The molecular weight excluding hydrogens is 502 g/mol. The maximum Gasteiger partial charge on any atom is 0.331 e. The monoisotopic (exact) mass is 531 g/mol. The predicted octanol–water partition coefficient (Wildman–Crippen LogP) is 1.91. The zero-order chi connectivity index (χ0) is 26.3. The first kappa shape index (κ1) is 26.2. The van der Waals surface area contributed by atoms with Crippen LogP contribution in [0.15, 0.2) is 59.5 Å². The number of rotatable bonds is 8. The first-order valence-electron chi connectivity index (χ1n) is 11.4. The van der Waals surface area contributed by atoms with Crippen molar-refractivity contribution >= 4 is 39.6 Å². The Bertz CT molecular complexity index is 1260. The molecule has 2 heterocycles. The summed E-state index contributed by atoms with van der Waals surface area (Å²) >= 11 is 1.41. The van der Waals surface area contributed by atoms with Crippen molar-refractivity contribution in [3.63, 3.8) is 0 Å². The molecule has 0 saturated carbocycles. The van der Waals surface area contributed by atoms with Gasteiger partial charge in [0.1, 0.15) is 17.5 Å². The van der Waals surface area contributed by atoms with Gasteiger partial charge in [-0.15, -0.1) is 11.8 Å². The Labute approximate surface area is 215 Å². The summed E-state index contributed by atoms with van der Waals surface area (Å²) in [7, 11) is -2.52. The van der Waals surface area contributed by atoms with Crippen molar-refractivity contribution in [1.82, 2.24) is 14.5 Å². The van der Waals surface area contributed by atoms with E-state index in [2.05, 4.69) is 5.32 Å². The molecule has 2 aromatic rings. The third-order valence-electron chi connectivity index (χ3n) is 6.31. The fourth-order valence-electron chi connectivity index (χ4n) is 4.33. The molecule has 0 radical (unpaired) electrons. The van der Waals surface area contributed by atoms with Gasteiger partial charge in [-0.05, 0) is 38.5 Å². The van der Waals surface area contributed by atoms with Crippen LogP contribution in [0.1, 0.15) is 25.0 Å². The fraction of sp³-hybridized carbons (Fsp3) is 0.400. The second kappa shape index (κ2) is 9.87. The van der Waals surface area contributed by atoms with Crippen molar-refractivity contribution < 1.29 is 27.5 Å². The van der Waals surface area contributed by atoms with Crippen LogP contribution in [0.4, 0.5) is 0 Å². The van der Waals surface area contributed by atoms with Gasteiger partial charge in [-0.1, -0.05) is 48.0 Å². The summed E-state index contributed by atoms with van der Waals surface area (Å²) in [5, 5.41) is 2.38. The molecule has 2 amide bonds. The number of hydrogen-bond donors (Lipinski definition) is 1. The topological polar surface area (TPSA) is 113 Å². The number of nitrogens with one attached hydrogen (secondary N) is 1. The standard InChI is InChI=1S/C25H29N3O6S2/c1-16-10-12-18(13-11-16)36(32,33)27(4)15-34-24(31)21-25(2,3)35-23-20(22(30)28(21)23)26-19(29)14-17-8-6-5-7-9-17/h5-13,20-21,23H,14-15H2,1-4H3,(H,26,29)/t20-,21+,23-/m1/s1. The SMILES string of the molecule is Cc1ccc(S(=O)(=O)N(C)COC(=O)[C@@H]2N3C(=O)[C@@H](NC(=O)Cc4ccccc4)[C@H]3SC2(C)C)cc1. The van der Waals surface area contributed by atoms with Crippen LogP contribution in [0.25, 0.3) is 0 Å². The molecule has 2 aromatic carbocycles. The summed E-state index contributed by atoms with van der Waals surface area (Å²) in [6.07, 6.45) is 0.151. The van der Waals surface area contributed by atoms with E-state index < -0.39 is 44.9 Å². The van der Waals surface area contributed by atoms with E-state index in [9.17, 15) is 22.8 Å². The van der Waals surface area contributed by atoms with Crippen molar-refractivity contribution in [1.29, 1.82) is 0 Å². The van der Waals surface area contributed by atoms with Gasteiger partial charge in [0.2, 0.25) is 21.8 Å². The number of ether oxygens (including phenoxy) is 1. The molecule has 11 heteroatoms. The summed E-state index contributed by atoms with van der Waals surface area (Å²) in [5.41, 5.74) is 1.76. The number of aryl methyl sites for hydroxylation is 1. The summed E-state index contributed by atoms with van der Waals surface area (Å²) in [6, 6.07) is 14.0. The highest BCUT2D eigenvalue weighted by Gasteiger charge is 2.64. The molecule has 36 heavy (non-hydrogen) atoms. The second-order valence-corrected chi connectivity index (χ2v) is 13.3. The maximum absolute atomic E-state index is 13.0. The van der Waals surface area contributed by atoms with Crippen LogP contribution in [0.3, 0.4) is 0 Å². The fourth-order valence-corrected chi connectivity index (χ4v) is 6.98. The lowest BCUT2D eigenvalue weighted by atomic mass is 9.96. The number of amides is 2. The molecule has 3 atom stereocenters. The number of esters is 1. The smallest absolute Gasteiger partial charge is 0.331 e. The summed E-state index contributed by atoms with van der Waals surface area (Å²) < 4.78 is 31.2. The number of carbonyl (C=O) groups excluding carboxylic acids is 3. The Morgan fingerprint density at radius 2 is 1.75 bits per heavy atom. The normalized spacial score (nSPS) is 22.6. The Balaban J connectivity index is 1.38. The van der Waals surface area contributed by atoms with Gasteiger partial charge >= 0.3 is 5.97 Å². The quantitative estimate of drug-likeness (QED) is 0.315. The van der Waals surface area contributed by atoms with E-state index >= 15 is 0 Å². The van der Waals surface area contributed by atoms with E-state index in [1.165, 1.54) is 35.8 Å². The van der Waals surface area contributed by atoms with Crippen LogP contribution in [0.5, 0.6) is 0 Å². The number of thioether (sulfide) groups is 1. The first-order valence-corrected chi connectivity index (χ1v) is 13.8. The third kappa shape index (κ3) is 5.00. The third-order valence-corrected chi connectivity index (χ3v) is 9.67. The van der Waals surface area contributed by atoms with Gasteiger partial charge in [0.25, 0.3) is 0 Å². The van der Waals surface area contributed by atoms with Gasteiger partial charge in [0.05, 0.1) is 11.3 Å². The van der Waals surface area contributed by atoms with E-state index in [0.29, 0.717) is 0 Å². The van der Waals surface area contributed by atoms with Crippen molar-refractivity contribution in [2.45, 2.75) is 54.3 Å². The van der Waals surface area contributed by atoms with E-state index in [1.54, 1.807) is 12.1 Å². The van der Waals surface area contributed by atoms with Crippen molar-refractivity contribution in [2.24, 2.45) is 0 Å². The number of sulfonamides is 1. The Morgan fingerprint density at radius 3 is 2.39 bits per heavy atom. The van der Waals surface area contributed by atoms with Crippen LogP contribution in [0, 0.1) is 6.92 Å². The van der Waals surface area contributed by atoms with E-state index in [1.807, 2.05) is 51.1 Å². The molecule has 1 N–H and O–H groups in total. The number of nitrogens with zero attached hydrogens (tertiary/aromatic N) is 2. The van der Waals surface area contributed by atoms with E-state index in [0.717, 1.165) is 15.4 Å². The molecule has 0 spiro atoms. The second-order valence-electron chi connectivity index (χ2n) is 9.48. The zero-order valence-corrected chi connectivity index (χ0v) is 22.1. The van der Waals surface area contributed by atoms with Gasteiger partial charge < -0.3 is 15.0 Å². The molecule has 0 aromatic heterocycles. The predicted molar refractivity (Wildman–Crippen MR) is 135 cm³/mol. The molecular formula is C25H29N3O6S2. The number of benzene rings is 2. The molecule has 2 saturated heterocycles. The van der Waals surface area contributed by atoms with Gasteiger partial charge in [-0.3, -0.25) is 9.59 Å². The van der Waals surface area contributed by atoms with E-state index in [-0.39, 0.29) is 23.1 Å². The van der Waals surface area contributed by atoms with Crippen molar-refractivity contribution in [3.05, 3.63) is 65.7 Å². The minimum absolute atomic E-state index is 0.0930. The molecule has 2 fully saturated rings. The van der Waals surface area contributed by atoms with Crippen LogP contribution in [-0.4, -0.2) is 71.4 Å². The highest BCUT2D eigenvalue weighted by Crippen LogP contribution is 2.51. The Kier molecular flexibility index (Phi) is 7.18. The lowest BCUT2D eigenvalue weighted by Gasteiger charge is -2.44. The lowest BCUT2D eigenvalue weighted by molar-refractivity contribution is -0.165. The van der Waals surface area contributed by atoms with Crippen molar-refractivity contribution in [2.75, 3.05) is 13.8 Å². The van der Waals surface area contributed by atoms with Crippen LogP contribution in [-0.2, 0) is 35.6 Å². The Hall–Kier alpha value is -2.89. The van der Waals surface area contributed by atoms with Gasteiger partial charge in [-0.25, -0.2) is 13.2 Å². The maximum atomic E-state index is 13.0. The van der Waals surface area contributed by atoms with E-state index in [4.69, 9.17) is 4.74 Å². The average Bonchev–Trinajstić information content (AvgIpc) is 3.09.